The van der Waals surface area contributed by atoms with Crippen LogP contribution in [0.15, 0.2) is 30.0 Å². The molecule has 160 valence electrons. The van der Waals surface area contributed by atoms with Crippen molar-refractivity contribution in [2.75, 3.05) is 18.4 Å². The molecule has 1 aromatic rings. The van der Waals surface area contributed by atoms with E-state index in [0.717, 1.165) is 57.2 Å². The third kappa shape index (κ3) is 4.13. The zero-order chi connectivity index (χ0) is 21.1. The van der Waals surface area contributed by atoms with Crippen molar-refractivity contribution in [1.29, 1.82) is 0 Å². The maximum Gasteiger partial charge on any atom is 0.278 e. The minimum atomic E-state index is -0.153. The first-order valence-electron chi connectivity index (χ1n) is 11.3. The van der Waals surface area contributed by atoms with Gasteiger partial charge in [0, 0.05) is 31.7 Å². The number of carbonyl (C=O) groups excluding carboxylic acids is 3. The molecule has 2 fully saturated rings. The normalized spacial score (nSPS) is 21.2. The van der Waals surface area contributed by atoms with Gasteiger partial charge < -0.3 is 10.2 Å². The summed E-state index contributed by atoms with van der Waals surface area (Å²) in [4.78, 5) is 42.1. The Morgan fingerprint density at radius 1 is 0.867 bits per heavy atom. The number of amides is 3. The van der Waals surface area contributed by atoms with Crippen molar-refractivity contribution in [2.45, 2.75) is 70.8 Å². The number of nitrogens with one attached hydrogen (secondary N) is 1. The van der Waals surface area contributed by atoms with Gasteiger partial charge in [0.2, 0.25) is 5.91 Å². The van der Waals surface area contributed by atoms with Crippen molar-refractivity contribution in [3.8, 4) is 0 Å². The highest BCUT2D eigenvalue weighted by molar-refractivity contribution is 6.35. The summed E-state index contributed by atoms with van der Waals surface area (Å²) in [6.45, 7) is 3.11. The van der Waals surface area contributed by atoms with Crippen molar-refractivity contribution in [1.82, 2.24) is 9.80 Å². The van der Waals surface area contributed by atoms with Crippen LogP contribution in [0, 0.1) is 0 Å². The van der Waals surface area contributed by atoms with Crippen LogP contribution < -0.4 is 5.32 Å². The number of hydrogen-bond acceptors (Lipinski definition) is 4. The number of anilines is 1. The van der Waals surface area contributed by atoms with Gasteiger partial charge in [0.15, 0.2) is 0 Å². The van der Waals surface area contributed by atoms with Crippen LogP contribution in [0.3, 0.4) is 0 Å². The second kappa shape index (κ2) is 9.02. The lowest BCUT2D eigenvalue weighted by Gasteiger charge is -2.29. The quantitative estimate of drug-likeness (QED) is 0.765. The molecule has 30 heavy (non-hydrogen) atoms. The predicted octanol–water partition coefficient (Wildman–Crippen LogP) is 3.93. The molecule has 0 spiro atoms. The Balaban J connectivity index is 1.68. The molecule has 0 atom stereocenters. The van der Waals surface area contributed by atoms with Gasteiger partial charge in [-0.05, 0) is 43.4 Å². The van der Waals surface area contributed by atoms with Crippen molar-refractivity contribution < 1.29 is 14.4 Å². The summed E-state index contributed by atoms with van der Waals surface area (Å²) in [7, 11) is 0. The van der Waals surface area contributed by atoms with E-state index in [9.17, 15) is 14.4 Å². The predicted molar refractivity (Wildman–Crippen MR) is 116 cm³/mol. The second-order valence-corrected chi connectivity index (χ2v) is 8.66. The molecule has 1 saturated heterocycles. The van der Waals surface area contributed by atoms with E-state index in [0.29, 0.717) is 17.0 Å². The standard InChI is InChI=1S/C24H31N3O3/c1-17(28)25-19-13-11-18(12-14-19)21-22(26-15-7-8-16-26)24(30)27(23(21)29)20-9-5-3-2-4-6-10-20/h11-14,20H,2-10,15-16H2,1H3,(H,25,28). The Labute approximate surface area is 178 Å². The lowest BCUT2D eigenvalue weighted by atomic mass is 9.95. The first-order chi connectivity index (χ1) is 14.6. The van der Waals surface area contributed by atoms with Crippen LogP contribution in [0.5, 0.6) is 0 Å². The van der Waals surface area contributed by atoms with Crippen molar-refractivity contribution in [3.05, 3.63) is 35.5 Å². The van der Waals surface area contributed by atoms with Gasteiger partial charge in [0.05, 0.1) is 5.57 Å². The molecule has 1 aliphatic carbocycles. The average Bonchev–Trinajstić information content (AvgIpc) is 3.29. The third-order valence-electron chi connectivity index (χ3n) is 6.45. The maximum absolute atomic E-state index is 13.6. The highest BCUT2D eigenvalue weighted by Crippen LogP contribution is 2.37. The fraction of sp³-hybridized carbons (Fsp3) is 0.542. The molecule has 2 aliphatic heterocycles. The molecule has 0 aromatic heterocycles. The van der Waals surface area contributed by atoms with Gasteiger partial charge in [-0.3, -0.25) is 19.3 Å². The summed E-state index contributed by atoms with van der Waals surface area (Å²) in [5.41, 5.74) is 2.53. The zero-order valence-electron chi connectivity index (χ0n) is 17.8. The van der Waals surface area contributed by atoms with Crippen LogP contribution in [-0.4, -0.2) is 46.7 Å². The van der Waals surface area contributed by atoms with Crippen LogP contribution in [0.2, 0.25) is 0 Å². The lowest BCUT2D eigenvalue weighted by Crippen LogP contribution is -2.42. The highest BCUT2D eigenvalue weighted by atomic mass is 16.2. The maximum atomic E-state index is 13.6. The zero-order valence-corrected chi connectivity index (χ0v) is 17.8. The van der Waals surface area contributed by atoms with Gasteiger partial charge in [0.25, 0.3) is 11.8 Å². The Kier molecular flexibility index (Phi) is 6.21. The fourth-order valence-electron chi connectivity index (χ4n) is 4.98. The number of benzene rings is 1. The van der Waals surface area contributed by atoms with Gasteiger partial charge >= 0.3 is 0 Å². The molecular formula is C24H31N3O3. The largest absolute Gasteiger partial charge is 0.366 e. The summed E-state index contributed by atoms with van der Waals surface area (Å²) in [6.07, 6.45) is 9.64. The van der Waals surface area contributed by atoms with E-state index in [4.69, 9.17) is 0 Å². The molecule has 4 rings (SSSR count). The van der Waals surface area contributed by atoms with E-state index in [1.165, 1.54) is 26.2 Å². The molecule has 6 heteroatoms. The number of hydrogen-bond donors (Lipinski definition) is 1. The van der Waals surface area contributed by atoms with E-state index in [-0.39, 0.29) is 23.8 Å². The van der Waals surface area contributed by atoms with Gasteiger partial charge in [0.1, 0.15) is 5.70 Å². The SMILES string of the molecule is CC(=O)Nc1ccc(C2=C(N3CCCC3)C(=O)N(C3CCCCCCC3)C2=O)cc1. The van der Waals surface area contributed by atoms with Gasteiger partial charge in [-0.1, -0.05) is 44.2 Å². The van der Waals surface area contributed by atoms with Gasteiger partial charge in [-0.15, -0.1) is 0 Å². The Morgan fingerprint density at radius 3 is 2.07 bits per heavy atom. The van der Waals surface area contributed by atoms with Crippen molar-refractivity contribution >= 4 is 29.0 Å². The summed E-state index contributed by atoms with van der Waals surface area (Å²) < 4.78 is 0. The number of imide groups is 1. The van der Waals surface area contributed by atoms with Crippen LogP contribution in [0.25, 0.3) is 5.57 Å². The molecule has 0 bridgehead atoms. The van der Waals surface area contributed by atoms with Gasteiger partial charge in [-0.25, -0.2) is 0 Å². The molecule has 3 amide bonds. The fourth-order valence-corrected chi connectivity index (χ4v) is 4.98. The van der Waals surface area contributed by atoms with Crippen LogP contribution in [-0.2, 0) is 14.4 Å². The molecule has 0 unspecified atom stereocenters. The summed E-state index contributed by atoms with van der Waals surface area (Å²) in [5, 5.41) is 2.75. The summed E-state index contributed by atoms with van der Waals surface area (Å²) >= 11 is 0. The number of rotatable bonds is 4. The van der Waals surface area contributed by atoms with Crippen molar-refractivity contribution in [3.63, 3.8) is 0 Å². The lowest BCUT2D eigenvalue weighted by molar-refractivity contribution is -0.140. The van der Waals surface area contributed by atoms with E-state index in [2.05, 4.69) is 10.2 Å². The summed E-state index contributed by atoms with van der Waals surface area (Å²) in [6, 6.07) is 7.26. The monoisotopic (exact) mass is 409 g/mol. The average molecular weight is 410 g/mol. The minimum absolute atomic E-state index is 0.000874. The molecular weight excluding hydrogens is 378 g/mol. The van der Waals surface area contributed by atoms with E-state index in [1.807, 2.05) is 12.1 Å². The molecule has 1 aromatic carbocycles. The minimum Gasteiger partial charge on any atom is -0.366 e. The van der Waals surface area contributed by atoms with Crippen LogP contribution in [0.4, 0.5) is 5.69 Å². The topological polar surface area (TPSA) is 69.7 Å². The summed E-state index contributed by atoms with van der Waals surface area (Å²) in [5.74, 6) is -0.407. The Morgan fingerprint density at radius 2 is 1.47 bits per heavy atom. The van der Waals surface area contributed by atoms with Crippen LogP contribution >= 0.6 is 0 Å². The first-order valence-corrected chi connectivity index (χ1v) is 11.3. The molecule has 1 saturated carbocycles. The number of carbonyl (C=O) groups is 3. The van der Waals surface area contributed by atoms with E-state index < -0.39 is 0 Å². The van der Waals surface area contributed by atoms with Gasteiger partial charge in [-0.2, -0.15) is 0 Å². The first kappa shape index (κ1) is 20.6. The second-order valence-electron chi connectivity index (χ2n) is 8.66. The molecule has 0 radical (unpaired) electrons. The third-order valence-corrected chi connectivity index (χ3v) is 6.45. The molecule has 2 heterocycles. The number of nitrogens with zero attached hydrogens (tertiary/aromatic N) is 2. The highest BCUT2D eigenvalue weighted by Gasteiger charge is 2.44. The van der Waals surface area contributed by atoms with E-state index in [1.54, 1.807) is 17.0 Å². The Bertz CT molecular complexity index is 845. The number of likely N-dealkylation sites (tertiary alicyclic amines) is 1. The smallest absolute Gasteiger partial charge is 0.278 e. The van der Waals surface area contributed by atoms with Crippen LogP contribution in [0.1, 0.15) is 70.3 Å². The van der Waals surface area contributed by atoms with E-state index >= 15 is 0 Å². The molecule has 1 N–H and O–H groups in total. The Hall–Kier alpha value is -2.63. The molecule has 3 aliphatic rings. The van der Waals surface area contributed by atoms with Crippen molar-refractivity contribution in [2.24, 2.45) is 0 Å². The molecule has 6 nitrogen and oxygen atoms in total.